The fourth-order valence-corrected chi connectivity index (χ4v) is 2.01. The summed E-state index contributed by atoms with van der Waals surface area (Å²) in [5.41, 5.74) is 8.85. The van der Waals surface area contributed by atoms with Gasteiger partial charge in [0.15, 0.2) is 0 Å². The van der Waals surface area contributed by atoms with Crippen LogP contribution in [0.4, 0.5) is 5.69 Å². The minimum absolute atomic E-state index is 0.132. The molecule has 3 aromatic rings. The molecule has 0 bridgehead atoms. The fraction of sp³-hybridized carbons (Fsp3) is 0.0769. The molecule has 3 N–H and O–H groups in total. The van der Waals surface area contributed by atoms with Crippen molar-refractivity contribution in [1.82, 2.24) is 14.5 Å². The van der Waals surface area contributed by atoms with Crippen molar-refractivity contribution in [3.05, 3.63) is 58.8 Å². The summed E-state index contributed by atoms with van der Waals surface area (Å²) in [6.07, 6.45) is 3.43. The van der Waals surface area contributed by atoms with Gasteiger partial charge in [-0.25, -0.2) is 4.79 Å². The van der Waals surface area contributed by atoms with Crippen LogP contribution in [0.25, 0.3) is 11.0 Å². The van der Waals surface area contributed by atoms with Crippen molar-refractivity contribution >= 4 is 16.7 Å². The van der Waals surface area contributed by atoms with Crippen LogP contribution < -0.4 is 11.4 Å². The van der Waals surface area contributed by atoms with Gasteiger partial charge in [0.25, 0.3) is 0 Å². The molecule has 0 spiro atoms. The van der Waals surface area contributed by atoms with E-state index in [2.05, 4.69) is 9.97 Å². The van der Waals surface area contributed by atoms with Gasteiger partial charge < -0.3 is 10.7 Å². The highest BCUT2D eigenvalue weighted by molar-refractivity contribution is 5.78. The third-order valence-electron chi connectivity index (χ3n) is 2.89. The third kappa shape index (κ3) is 1.75. The molecule has 3 rings (SSSR count). The van der Waals surface area contributed by atoms with Crippen LogP contribution in [-0.4, -0.2) is 14.5 Å². The van der Waals surface area contributed by atoms with Gasteiger partial charge in [-0.05, 0) is 35.9 Å². The van der Waals surface area contributed by atoms with Crippen LogP contribution >= 0.6 is 0 Å². The predicted molar refractivity (Wildman–Crippen MR) is 70.3 cm³/mol. The number of rotatable bonds is 2. The molecular weight excluding hydrogens is 228 g/mol. The van der Waals surface area contributed by atoms with E-state index in [9.17, 15) is 4.79 Å². The Morgan fingerprint density at radius 1 is 1.22 bits per heavy atom. The molecule has 2 heterocycles. The predicted octanol–water partition coefficient (Wildman–Crippen LogP) is 1.36. The molecule has 5 nitrogen and oxygen atoms in total. The number of aromatic nitrogens is 3. The van der Waals surface area contributed by atoms with Crippen LogP contribution in [0.15, 0.2) is 47.5 Å². The van der Waals surface area contributed by atoms with Crippen LogP contribution in [0.5, 0.6) is 0 Å². The van der Waals surface area contributed by atoms with E-state index < -0.39 is 0 Å². The Labute approximate surface area is 103 Å². The Bertz CT molecular complexity index is 743. The molecule has 0 amide bonds. The van der Waals surface area contributed by atoms with E-state index in [-0.39, 0.29) is 5.69 Å². The van der Waals surface area contributed by atoms with Crippen LogP contribution in [0.2, 0.25) is 0 Å². The van der Waals surface area contributed by atoms with Crippen molar-refractivity contribution in [3.63, 3.8) is 0 Å². The first-order chi connectivity index (χ1) is 8.74. The van der Waals surface area contributed by atoms with Gasteiger partial charge in [-0.15, -0.1) is 0 Å². The number of benzene rings is 1. The molecular formula is C13H12N4O. The van der Waals surface area contributed by atoms with Gasteiger partial charge in [0.05, 0.1) is 17.6 Å². The van der Waals surface area contributed by atoms with E-state index in [0.29, 0.717) is 12.2 Å². The Hall–Kier alpha value is -2.56. The number of pyridine rings is 1. The Morgan fingerprint density at radius 2 is 2.00 bits per heavy atom. The Balaban J connectivity index is 2.12. The maximum absolute atomic E-state index is 11.9. The van der Waals surface area contributed by atoms with E-state index in [1.165, 1.54) is 0 Å². The molecule has 90 valence electrons. The van der Waals surface area contributed by atoms with Gasteiger partial charge in [-0.1, -0.05) is 0 Å². The molecule has 18 heavy (non-hydrogen) atoms. The second-order valence-electron chi connectivity index (χ2n) is 4.15. The van der Waals surface area contributed by atoms with Crippen LogP contribution in [0, 0.1) is 0 Å². The number of aromatic amines is 1. The van der Waals surface area contributed by atoms with E-state index >= 15 is 0 Å². The zero-order valence-corrected chi connectivity index (χ0v) is 9.63. The summed E-state index contributed by atoms with van der Waals surface area (Å²) in [6.45, 7) is 0.519. The van der Waals surface area contributed by atoms with Crippen LogP contribution in [-0.2, 0) is 6.54 Å². The van der Waals surface area contributed by atoms with Crippen LogP contribution in [0.3, 0.4) is 0 Å². The standard InChI is InChI=1S/C13H12N4O/c14-10-1-2-12-11(7-10)16-13(18)17(12)8-9-3-5-15-6-4-9/h1-7H,8,14H2,(H,16,18). The first kappa shape index (κ1) is 10.6. The summed E-state index contributed by atoms with van der Waals surface area (Å²) in [6, 6.07) is 9.19. The smallest absolute Gasteiger partial charge is 0.326 e. The topological polar surface area (TPSA) is 76.7 Å². The lowest BCUT2D eigenvalue weighted by molar-refractivity contribution is 0.785. The van der Waals surface area contributed by atoms with Gasteiger partial charge in [-0.3, -0.25) is 9.55 Å². The maximum atomic E-state index is 11.9. The van der Waals surface area contributed by atoms with E-state index in [1.807, 2.05) is 18.2 Å². The van der Waals surface area contributed by atoms with E-state index in [0.717, 1.165) is 16.6 Å². The zero-order valence-electron chi connectivity index (χ0n) is 9.63. The van der Waals surface area contributed by atoms with Gasteiger partial charge in [0.2, 0.25) is 0 Å². The number of nitrogens with one attached hydrogen (secondary N) is 1. The van der Waals surface area contributed by atoms with Gasteiger partial charge in [0, 0.05) is 18.1 Å². The van der Waals surface area contributed by atoms with Crippen molar-refractivity contribution in [3.8, 4) is 0 Å². The van der Waals surface area contributed by atoms with Crippen molar-refractivity contribution in [2.45, 2.75) is 6.54 Å². The summed E-state index contributed by atoms with van der Waals surface area (Å²) in [7, 11) is 0. The number of fused-ring (bicyclic) bond motifs is 1. The first-order valence-electron chi connectivity index (χ1n) is 5.61. The molecule has 0 atom stereocenters. The molecule has 0 aliphatic carbocycles. The summed E-state index contributed by atoms with van der Waals surface area (Å²) in [5, 5.41) is 0. The summed E-state index contributed by atoms with van der Waals surface area (Å²) >= 11 is 0. The van der Waals surface area contributed by atoms with Crippen molar-refractivity contribution in [1.29, 1.82) is 0 Å². The molecule has 1 aromatic carbocycles. The molecule has 0 fully saturated rings. The summed E-state index contributed by atoms with van der Waals surface area (Å²) in [4.78, 5) is 18.7. The average Bonchev–Trinajstić information content (AvgIpc) is 2.66. The summed E-state index contributed by atoms with van der Waals surface area (Å²) in [5.74, 6) is 0. The lowest BCUT2D eigenvalue weighted by atomic mass is 10.2. The average molecular weight is 240 g/mol. The molecule has 2 aromatic heterocycles. The molecule has 0 unspecified atom stereocenters. The second kappa shape index (κ2) is 4.03. The molecule has 0 aliphatic heterocycles. The number of nitrogens with two attached hydrogens (primary N) is 1. The maximum Gasteiger partial charge on any atom is 0.326 e. The molecule has 5 heteroatoms. The molecule has 0 saturated carbocycles. The number of anilines is 1. The van der Waals surface area contributed by atoms with Crippen molar-refractivity contribution in [2.75, 3.05) is 5.73 Å². The monoisotopic (exact) mass is 240 g/mol. The lowest BCUT2D eigenvalue weighted by Gasteiger charge is -2.03. The van der Waals surface area contributed by atoms with Gasteiger partial charge in [-0.2, -0.15) is 0 Å². The Morgan fingerprint density at radius 3 is 2.78 bits per heavy atom. The largest absolute Gasteiger partial charge is 0.399 e. The molecule has 0 radical (unpaired) electrons. The highest BCUT2D eigenvalue weighted by Crippen LogP contribution is 2.15. The number of nitrogen functional groups attached to an aromatic ring is 1. The second-order valence-corrected chi connectivity index (χ2v) is 4.15. The number of nitrogens with zero attached hydrogens (tertiary/aromatic N) is 2. The van der Waals surface area contributed by atoms with Crippen LogP contribution in [0.1, 0.15) is 5.56 Å². The number of H-pyrrole nitrogens is 1. The minimum atomic E-state index is -0.132. The Kier molecular flexibility index (Phi) is 2.37. The fourth-order valence-electron chi connectivity index (χ4n) is 2.01. The number of hydrogen-bond acceptors (Lipinski definition) is 3. The molecule has 0 saturated heterocycles. The van der Waals surface area contributed by atoms with E-state index in [1.54, 1.807) is 29.1 Å². The number of imidazole rings is 1. The third-order valence-corrected chi connectivity index (χ3v) is 2.89. The zero-order chi connectivity index (χ0) is 12.5. The highest BCUT2D eigenvalue weighted by atomic mass is 16.1. The highest BCUT2D eigenvalue weighted by Gasteiger charge is 2.07. The van der Waals surface area contributed by atoms with Crippen molar-refractivity contribution in [2.24, 2.45) is 0 Å². The minimum Gasteiger partial charge on any atom is -0.399 e. The lowest BCUT2D eigenvalue weighted by Crippen LogP contribution is -2.17. The normalized spacial score (nSPS) is 10.9. The van der Waals surface area contributed by atoms with Gasteiger partial charge in [0.1, 0.15) is 0 Å². The number of hydrogen-bond donors (Lipinski definition) is 2. The SMILES string of the molecule is Nc1ccc2c(c1)[nH]c(=O)n2Cc1ccncc1. The van der Waals surface area contributed by atoms with Crippen molar-refractivity contribution < 1.29 is 0 Å². The van der Waals surface area contributed by atoms with Gasteiger partial charge >= 0.3 is 5.69 Å². The van der Waals surface area contributed by atoms with E-state index in [4.69, 9.17) is 5.73 Å². The molecule has 0 aliphatic rings. The quantitative estimate of drug-likeness (QED) is 0.664. The first-order valence-corrected chi connectivity index (χ1v) is 5.61. The summed E-state index contributed by atoms with van der Waals surface area (Å²) < 4.78 is 1.68.